The number of benzene rings is 7. The van der Waals surface area contributed by atoms with Gasteiger partial charge in [0.1, 0.15) is 11.1 Å². The van der Waals surface area contributed by atoms with Crippen molar-refractivity contribution in [2.45, 2.75) is 0 Å². The van der Waals surface area contributed by atoms with Crippen LogP contribution in [0.2, 0.25) is 0 Å². The Morgan fingerprint density at radius 1 is 0.353 bits per heavy atom. The van der Waals surface area contributed by atoms with Crippen molar-refractivity contribution >= 4 is 65.7 Å². The predicted molar refractivity (Wildman–Crippen MR) is 211 cm³/mol. The molecule has 0 N–H and O–H groups in total. The Kier molecular flexibility index (Phi) is 5.92. The summed E-state index contributed by atoms with van der Waals surface area (Å²) in [5.41, 5.74) is 14.4. The molecule has 0 unspecified atom stereocenters. The van der Waals surface area contributed by atoms with E-state index in [0.29, 0.717) is 0 Å². The number of furan rings is 1. The molecule has 7 aromatic carbocycles. The van der Waals surface area contributed by atoms with Gasteiger partial charge >= 0.3 is 0 Å². The molecule has 0 aliphatic carbocycles. The van der Waals surface area contributed by atoms with Gasteiger partial charge in [0.15, 0.2) is 5.58 Å². The first-order valence-corrected chi connectivity index (χ1v) is 17.3. The van der Waals surface area contributed by atoms with Gasteiger partial charge in [0, 0.05) is 44.5 Å². The van der Waals surface area contributed by atoms with Crippen LogP contribution in [-0.4, -0.2) is 14.1 Å². The maximum atomic E-state index is 6.02. The van der Waals surface area contributed by atoms with Gasteiger partial charge in [-0.25, -0.2) is 0 Å². The molecule has 0 saturated heterocycles. The first kappa shape index (κ1) is 28.0. The number of hydrogen-bond donors (Lipinski definition) is 0. The summed E-state index contributed by atoms with van der Waals surface area (Å²) >= 11 is 0. The molecule has 4 heteroatoms. The third-order valence-electron chi connectivity index (χ3n) is 10.4. The molecule has 0 amide bonds. The summed E-state index contributed by atoms with van der Waals surface area (Å²) in [6, 6.07) is 61.0. The zero-order chi connectivity index (χ0) is 33.5. The van der Waals surface area contributed by atoms with E-state index >= 15 is 0 Å². The molecule has 0 radical (unpaired) electrons. The highest BCUT2D eigenvalue weighted by Gasteiger charge is 2.16. The zero-order valence-electron chi connectivity index (χ0n) is 27.5. The molecule has 51 heavy (non-hydrogen) atoms. The first-order valence-electron chi connectivity index (χ1n) is 17.3. The fourth-order valence-electron chi connectivity index (χ4n) is 8.02. The van der Waals surface area contributed by atoms with Crippen molar-refractivity contribution in [1.82, 2.24) is 14.1 Å². The third kappa shape index (κ3) is 4.23. The quantitative estimate of drug-likeness (QED) is 0.190. The second-order valence-electron chi connectivity index (χ2n) is 13.2. The smallest absolute Gasteiger partial charge is 0.153 e. The molecule has 0 fully saturated rings. The molecular formula is C47H29N3O. The Labute approximate surface area is 293 Å². The second kappa shape index (κ2) is 10.8. The lowest BCUT2D eigenvalue weighted by Crippen LogP contribution is -1.94. The number of para-hydroxylation sites is 3. The van der Waals surface area contributed by atoms with E-state index in [0.717, 1.165) is 38.9 Å². The van der Waals surface area contributed by atoms with Crippen LogP contribution in [0.3, 0.4) is 0 Å². The zero-order valence-corrected chi connectivity index (χ0v) is 27.5. The molecule has 0 saturated carbocycles. The lowest BCUT2D eigenvalue weighted by atomic mass is 10.0. The molecule has 11 aromatic rings. The number of pyridine rings is 1. The largest absolute Gasteiger partial charge is 0.454 e. The minimum Gasteiger partial charge on any atom is -0.454 e. The third-order valence-corrected chi connectivity index (χ3v) is 10.4. The summed E-state index contributed by atoms with van der Waals surface area (Å²) in [6.45, 7) is 0. The van der Waals surface area contributed by atoms with E-state index in [4.69, 9.17) is 4.42 Å². The predicted octanol–water partition coefficient (Wildman–Crippen LogP) is 12.5. The van der Waals surface area contributed by atoms with Gasteiger partial charge in [-0.05, 0) is 107 Å². The molecule has 0 spiro atoms. The Bertz CT molecular complexity index is 3130. The van der Waals surface area contributed by atoms with Crippen LogP contribution in [0.25, 0.3) is 99.3 Å². The number of rotatable bonds is 4. The molecule has 4 nitrogen and oxygen atoms in total. The minimum absolute atomic E-state index is 0.811. The van der Waals surface area contributed by atoms with Crippen LogP contribution in [-0.2, 0) is 0 Å². The van der Waals surface area contributed by atoms with Crippen LogP contribution in [0.1, 0.15) is 0 Å². The summed E-state index contributed by atoms with van der Waals surface area (Å²) in [5, 5.41) is 6.03. The molecule has 0 aliphatic rings. The average Bonchev–Trinajstić information content (AvgIpc) is 3.85. The highest BCUT2D eigenvalue weighted by Crippen LogP contribution is 2.39. The molecule has 4 heterocycles. The van der Waals surface area contributed by atoms with E-state index in [-0.39, 0.29) is 0 Å². The van der Waals surface area contributed by atoms with Crippen molar-refractivity contribution < 1.29 is 4.42 Å². The highest BCUT2D eigenvalue weighted by molar-refractivity contribution is 6.13. The van der Waals surface area contributed by atoms with E-state index in [1.54, 1.807) is 0 Å². The molecule has 238 valence electrons. The van der Waals surface area contributed by atoms with Gasteiger partial charge in [0.05, 0.1) is 22.1 Å². The number of aromatic nitrogens is 3. The van der Waals surface area contributed by atoms with Crippen molar-refractivity contribution in [3.8, 4) is 33.6 Å². The van der Waals surface area contributed by atoms with Gasteiger partial charge in [0.25, 0.3) is 0 Å². The van der Waals surface area contributed by atoms with Gasteiger partial charge in [-0.2, -0.15) is 0 Å². The highest BCUT2D eigenvalue weighted by atomic mass is 16.3. The second-order valence-corrected chi connectivity index (χ2v) is 13.2. The van der Waals surface area contributed by atoms with Gasteiger partial charge in [-0.3, -0.25) is 4.98 Å². The summed E-state index contributed by atoms with van der Waals surface area (Å²) in [4.78, 5) is 4.57. The Balaban J connectivity index is 1.02. The average molecular weight is 652 g/mol. The SMILES string of the molecule is c1ccc(-n2c3ccccc3c3cc(-c4ccc5c(c4)c4ccccc4n5-c4ccc(-c5ccc6oc7cccnc7c6c5)cc4)ccc32)cc1. The standard InChI is InChI=1S/C47H29N3O/c1-2-9-34(10-3-1)49-41-13-6-4-11-36(41)38-27-32(18-23-43(38)49)33-19-24-44-39(28-33)37-12-5-7-14-42(37)50(44)35-21-16-30(17-22-35)31-20-25-45-40(29-31)47-46(51-45)15-8-26-48-47/h1-29H. The Hall–Kier alpha value is -6.91. The number of fused-ring (bicyclic) bond motifs is 9. The minimum atomic E-state index is 0.811. The van der Waals surface area contributed by atoms with Crippen molar-refractivity contribution in [3.63, 3.8) is 0 Å². The molecule has 0 aliphatic heterocycles. The van der Waals surface area contributed by atoms with E-state index in [1.807, 2.05) is 24.4 Å². The van der Waals surface area contributed by atoms with Crippen LogP contribution in [0, 0.1) is 0 Å². The first-order chi connectivity index (χ1) is 25.3. The van der Waals surface area contributed by atoms with E-state index in [2.05, 4.69) is 166 Å². The Morgan fingerprint density at radius 2 is 0.863 bits per heavy atom. The number of nitrogens with zero attached hydrogens (tertiary/aromatic N) is 3. The Morgan fingerprint density at radius 3 is 1.53 bits per heavy atom. The fraction of sp³-hybridized carbons (Fsp3) is 0. The summed E-state index contributed by atoms with van der Waals surface area (Å²) in [7, 11) is 0. The lowest BCUT2D eigenvalue weighted by molar-refractivity contribution is 0.668. The summed E-state index contributed by atoms with van der Waals surface area (Å²) < 4.78 is 10.8. The van der Waals surface area contributed by atoms with Gasteiger partial charge in [-0.1, -0.05) is 84.9 Å². The molecular weight excluding hydrogens is 623 g/mol. The summed E-state index contributed by atoms with van der Waals surface area (Å²) in [5.74, 6) is 0. The van der Waals surface area contributed by atoms with E-state index < -0.39 is 0 Å². The van der Waals surface area contributed by atoms with Crippen LogP contribution in [0.4, 0.5) is 0 Å². The number of hydrogen-bond acceptors (Lipinski definition) is 2. The van der Waals surface area contributed by atoms with Gasteiger partial charge in [-0.15, -0.1) is 0 Å². The summed E-state index contributed by atoms with van der Waals surface area (Å²) in [6.07, 6.45) is 1.82. The van der Waals surface area contributed by atoms with E-state index in [1.165, 1.54) is 60.4 Å². The van der Waals surface area contributed by atoms with Crippen LogP contribution >= 0.6 is 0 Å². The molecule has 4 aromatic heterocycles. The van der Waals surface area contributed by atoms with Crippen LogP contribution in [0.5, 0.6) is 0 Å². The van der Waals surface area contributed by atoms with Crippen molar-refractivity contribution in [3.05, 3.63) is 176 Å². The molecule has 11 rings (SSSR count). The monoisotopic (exact) mass is 651 g/mol. The topological polar surface area (TPSA) is 35.9 Å². The van der Waals surface area contributed by atoms with Crippen molar-refractivity contribution in [2.75, 3.05) is 0 Å². The molecule has 0 atom stereocenters. The lowest BCUT2D eigenvalue weighted by Gasteiger charge is -2.10. The maximum Gasteiger partial charge on any atom is 0.153 e. The van der Waals surface area contributed by atoms with E-state index in [9.17, 15) is 0 Å². The van der Waals surface area contributed by atoms with Crippen LogP contribution in [0.15, 0.2) is 180 Å². The fourth-order valence-corrected chi connectivity index (χ4v) is 8.02. The van der Waals surface area contributed by atoms with Crippen LogP contribution < -0.4 is 0 Å². The maximum absolute atomic E-state index is 6.02. The van der Waals surface area contributed by atoms with Crippen molar-refractivity contribution in [2.24, 2.45) is 0 Å². The van der Waals surface area contributed by atoms with Crippen molar-refractivity contribution in [1.29, 1.82) is 0 Å². The van der Waals surface area contributed by atoms with Gasteiger partial charge in [0.2, 0.25) is 0 Å². The molecule has 0 bridgehead atoms. The normalized spacial score (nSPS) is 11.9. The van der Waals surface area contributed by atoms with Gasteiger partial charge < -0.3 is 13.6 Å².